The van der Waals surface area contributed by atoms with Crippen LogP contribution < -0.4 is 10.6 Å². The van der Waals surface area contributed by atoms with Crippen molar-refractivity contribution in [2.24, 2.45) is 0 Å². The molecule has 0 aromatic carbocycles. The molecule has 0 aliphatic carbocycles. The summed E-state index contributed by atoms with van der Waals surface area (Å²) >= 11 is 5.15. The number of thiocarbonyl (C=S) groups is 1. The van der Waals surface area contributed by atoms with Gasteiger partial charge in [-0.25, -0.2) is 8.42 Å². The molecule has 0 radical (unpaired) electrons. The summed E-state index contributed by atoms with van der Waals surface area (Å²) in [5.41, 5.74) is -0.466. The van der Waals surface area contributed by atoms with Crippen molar-refractivity contribution in [1.29, 1.82) is 0 Å². The van der Waals surface area contributed by atoms with Crippen LogP contribution in [-0.4, -0.2) is 30.6 Å². The molecule has 5 nitrogen and oxygen atoms in total. The maximum Gasteiger partial charge on any atom is 0.167 e. The number of hydrogen-bond acceptors (Lipinski definition) is 4. The number of furan rings is 1. The fraction of sp³-hybridized carbons (Fsp3) is 0.545. The maximum atomic E-state index is 11.5. The standard InChI is InChI=1S/C11H16N2O3S2/c1-11(4-6-18(14,15)8-11)13-10(17)12-7-9-3-2-5-16-9/h2-3,5H,4,6-8H2,1H3,(H2,12,13,17). The summed E-state index contributed by atoms with van der Waals surface area (Å²) in [6.45, 7) is 2.36. The lowest BCUT2D eigenvalue weighted by atomic mass is 10.0. The van der Waals surface area contributed by atoms with E-state index in [9.17, 15) is 8.42 Å². The van der Waals surface area contributed by atoms with Crippen LogP contribution in [0.1, 0.15) is 19.1 Å². The van der Waals surface area contributed by atoms with Gasteiger partial charge in [0.2, 0.25) is 0 Å². The second kappa shape index (κ2) is 4.89. The van der Waals surface area contributed by atoms with Crippen LogP contribution >= 0.6 is 12.2 Å². The molecule has 1 atom stereocenters. The van der Waals surface area contributed by atoms with Gasteiger partial charge in [0.05, 0.1) is 29.9 Å². The molecule has 18 heavy (non-hydrogen) atoms. The summed E-state index contributed by atoms with van der Waals surface area (Å²) < 4.78 is 28.1. The molecule has 1 aliphatic rings. The summed E-state index contributed by atoms with van der Waals surface area (Å²) in [4.78, 5) is 0. The highest BCUT2D eigenvalue weighted by atomic mass is 32.2. The van der Waals surface area contributed by atoms with Crippen LogP contribution in [0.15, 0.2) is 22.8 Å². The van der Waals surface area contributed by atoms with Crippen LogP contribution in [0.25, 0.3) is 0 Å². The van der Waals surface area contributed by atoms with Gasteiger partial charge in [-0.15, -0.1) is 0 Å². The van der Waals surface area contributed by atoms with Crippen LogP contribution in [0.3, 0.4) is 0 Å². The third-order valence-corrected chi connectivity index (χ3v) is 5.07. The molecule has 1 fully saturated rings. The summed E-state index contributed by atoms with van der Waals surface area (Å²) in [6, 6.07) is 3.65. The van der Waals surface area contributed by atoms with E-state index in [1.165, 1.54) is 0 Å². The van der Waals surface area contributed by atoms with Crippen LogP contribution in [0, 0.1) is 0 Å². The van der Waals surface area contributed by atoms with E-state index in [1.807, 2.05) is 13.0 Å². The molecule has 2 rings (SSSR count). The molecule has 100 valence electrons. The Balaban J connectivity index is 1.84. The van der Waals surface area contributed by atoms with Crippen LogP contribution in [0.5, 0.6) is 0 Å². The second-order valence-electron chi connectivity index (χ2n) is 4.79. The lowest BCUT2D eigenvalue weighted by Gasteiger charge is -2.25. The average Bonchev–Trinajstić information content (AvgIpc) is 2.84. The van der Waals surface area contributed by atoms with Crippen molar-refractivity contribution in [3.05, 3.63) is 24.2 Å². The Morgan fingerprint density at radius 1 is 1.61 bits per heavy atom. The molecule has 1 aliphatic heterocycles. The summed E-state index contributed by atoms with van der Waals surface area (Å²) in [5.74, 6) is 1.13. The molecule has 2 N–H and O–H groups in total. The van der Waals surface area contributed by atoms with Crippen molar-refractivity contribution in [1.82, 2.24) is 10.6 Å². The minimum absolute atomic E-state index is 0.128. The fourth-order valence-electron chi connectivity index (χ4n) is 2.01. The van der Waals surface area contributed by atoms with Gasteiger partial charge in [-0.05, 0) is 37.7 Å². The van der Waals surface area contributed by atoms with Gasteiger partial charge in [0, 0.05) is 0 Å². The smallest absolute Gasteiger partial charge is 0.167 e. The van der Waals surface area contributed by atoms with Gasteiger partial charge in [-0.3, -0.25) is 0 Å². The Bertz CT molecular complexity index is 524. The van der Waals surface area contributed by atoms with E-state index in [4.69, 9.17) is 16.6 Å². The molecule has 2 heterocycles. The summed E-state index contributed by atoms with van der Waals surface area (Å²) in [6.07, 6.45) is 2.18. The first-order valence-electron chi connectivity index (χ1n) is 5.67. The molecule has 1 saturated heterocycles. The van der Waals surface area contributed by atoms with Gasteiger partial charge in [0.1, 0.15) is 5.76 Å². The normalized spacial score (nSPS) is 25.8. The van der Waals surface area contributed by atoms with Crippen LogP contribution in [0.2, 0.25) is 0 Å². The highest BCUT2D eigenvalue weighted by Crippen LogP contribution is 2.22. The van der Waals surface area contributed by atoms with Gasteiger partial charge in [-0.1, -0.05) is 0 Å². The molecule has 1 unspecified atom stereocenters. The van der Waals surface area contributed by atoms with Crippen molar-refractivity contribution in [2.75, 3.05) is 11.5 Å². The molecule has 1 aromatic heterocycles. The van der Waals surface area contributed by atoms with Crippen molar-refractivity contribution in [2.45, 2.75) is 25.4 Å². The van der Waals surface area contributed by atoms with Crippen LogP contribution in [0.4, 0.5) is 0 Å². The van der Waals surface area contributed by atoms with E-state index in [1.54, 1.807) is 12.3 Å². The predicted octanol–water partition coefficient (Wildman–Crippen LogP) is 0.821. The Morgan fingerprint density at radius 2 is 2.39 bits per heavy atom. The fourth-order valence-corrected chi connectivity index (χ4v) is 4.42. The zero-order valence-electron chi connectivity index (χ0n) is 10.1. The van der Waals surface area contributed by atoms with Crippen molar-refractivity contribution < 1.29 is 12.8 Å². The van der Waals surface area contributed by atoms with Crippen molar-refractivity contribution >= 4 is 27.2 Å². The van der Waals surface area contributed by atoms with E-state index in [2.05, 4.69) is 10.6 Å². The third kappa shape index (κ3) is 3.46. The monoisotopic (exact) mass is 288 g/mol. The number of hydrogen-bond donors (Lipinski definition) is 2. The Labute approximate surface area is 112 Å². The van der Waals surface area contributed by atoms with Gasteiger partial charge in [-0.2, -0.15) is 0 Å². The first-order chi connectivity index (χ1) is 8.39. The molecule has 0 saturated carbocycles. The highest BCUT2D eigenvalue weighted by Gasteiger charge is 2.38. The summed E-state index contributed by atoms with van der Waals surface area (Å²) in [7, 11) is -2.93. The molecule has 0 bridgehead atoms. The second-order valence-corrected chi connectivity index (χ2v) is 7.38. The quantitative estimate of drug-likeness (QED) is 0.803. The minimum Gasteiger partial charge on any atom is -0.467 e. The molecule has 0 amide bonds. The first-order valence-corrected chi connectivity index (χ1v) is 7.90. The topological polar surface area (TPSA) is 71.3 Å². The Morgan fingerprint density at radius 3 is 2.94 bits per heavy atom. The average molecular weight is 288 g/mol. The van der Waals surface area contributed by atoms with Crippen LogP contribution in [-0.2, 0) is 16.4 Å². The van der Waals surface area contributed by atoms with Gasteiger partial charge in [0.25, 0.3) is 0 Å². The predicted molar refractivity (Wildman–Crippen MR) is 73.0 cm³/mol. The van der Waals surface area contributed by atoms with E-state index in [0.29, 0.717) is 18.1 Å². The zero-order valence-corrected chi connectivity index (χ0v) is 11.7. The van der Waals surface area contributed by atoms with Crippen molar-refractivity contribution in [3.8, 4) is 0 Å². The number of sulfone groups is 1. The number of nitrogens with one attached hydrogen (secondary N) is 2. The number of rotatable bonds is 3. The lowest BCUT2D eigenvalue weighted by molar-refractivity contribution is 0.462. The van der Waals surface area contributed by atoms with Gasteiger partial charge < -0.3 is 15.1 Å². The largest absolute Gasteiger partial charge is 0.467 e. The zero-order chi connectivity index (χ0) is 13.2. The highest BCUT2D eigenvalue weighted by molar-refractivity contribution is 7.91. The Kier molecular flexibility index (Phi) is 3.63. The molecular weight excluding hydrogens is 272 g/mol. The SMILES string of the molecule is CC1(NC(=S)NCc2ccco2)CCS(=O)(=O)C1. The maximum absolute atomic E-state index is 11.5. The molecule has 7 heteroatoms. The molecular formula is C11H16N2O3S2. The molecule has 0 spiro atoms. The van der Waals surface area contributed by atoms with E-state index in [0.717, 1.165) is 5.76 Å². The Hall–Kier alpha value is -1.08. The van der Waals surface area contributed by atoms with Gasteiger partial charge in [0.15, 0.2) is 14.9 Å². The van der Waals surface area contributed by atoms with Gasteiger partial charge >= 0.3 is 0 Å². The third-order valence-electron chi connectivity index (χ3n) is 2.92. The van der Waals surface area contributed by atoms with E-state index < -0.39 is 15.4 Å². The van der Waals surface area contributed by atoms with Crippen molar-refractivity contribution in [3.63, 3.8) is 0 Å². The van der Waals surface area contributed by atoms with E-state index in [-0.39, 0.29) is 11.5 Å². The van der Waals surface area contributed by atoms with E-state index >= 15 is 0 Å². The minimum atomic E-state index is -2.93. The lowest BCUT2D eigenvalue weighted by Crippen LogP contribution is -2.50. The first kappa shape index (κ1) is 13.4. The summed E-state index contributed by atoms with van der Waals surface area (Å²) in [5, 5.41) is 6.52. The molecule has 1 aromatic rings.